The third-order valence-corrected chi connectivity index (χ3v) is 4.23. The fraction of sp³-hybridized carbons (Fsp3) is 0.200. The number of aryl methyl sites for hydroxylation is 2. The molecule has 1 aromatic heterocycles. The number of carbonyl (C=O) groups excluding carboxylic acids is 2. The number of carbonyl (C=O) groups is 2. The average Bonchev–Trinajstić information content (AvgIpc) is 2.89. The molecule has 4 N–H and O–H groups in total. The number of furan rings is 1. The summed E-state index contributed by atoms with van der Waals surface area (Å²) in [4.78, 5) is 24.1. The van der Waals surface area contributed by atoms with Crippen LogP contribution in [0.15, 0.2) is 33.6 Å². The molecule has 0 radical (unpaired) electrons. The number of sulfonamides is 1. The molecular weight excluding hydrogens is 350 g/mol. The first kappa shape index (κ1) is 18.5. The number of hydrogen-bond acceptors (Lipinski definition) is 6. The summed E-state index contributed by atoms with van der Waals surface area (Å²) >= 11 is 0. The monoisotopic (exact) mass is 367 g/mol. The van der Waals surface area contributed by atoms with Gasteiger partial charge in [-0.3, -0.25) is 20.4 Å². The molecule has 10 heteroatoms. The van der Waals surface area contributed by atoms with E-state index >= 15 is 0 Å². The number of amides is 2. The molecule has 134 valence electrons. The second-order valence-electron chi connectivity index (χ2n) is 5.14. The molecule has 9 nitrogen and oxygen atoms in total. The lowest BCUT2D eigenvalue weighted by Gasteiger charge is -2.11. The van der Waals surface area contributed by atoms with Crippen molar-refractivity contribution in [1.82, 2.24) is 10.9 Å². The molecule has 2 rings (SSSR count). The van der Waals surface area contributed by atoms with E-state index in [4.69, 9.17) is 14.3 Å². The summed E-state index contributed by atoms with van der Waals surface area (Å²) in [5, 5.41) is 5.05. The molecule has 0 atom stereocenters. The number of primary sulfonamides is 1. The van der Waals surface area contributed by atoms with E-state index in [1.54, 1.807) is 13.8 Å². The van der Waals surface area contributed by atoms with Gasteiger partial charge in [0.05, 0.1) is 23.1 Å². The van der Waals surface area contributed by atoms with Gasteiger partial charge in [-0.2, -0.15) is 0 Å². The quantitative estimate of drug-likeness (QED) is 0.677. The Bertz CT molecular complexity index is 933. The summed E-state index contributed by atoms with van der Waals surface area (Å²) in [5.41, 5.74) is 4.58. The van der Waals surface area contributed by atoms with Gasteiger partial charge in [0, 0.05) is 0 Å². The van der Waals surface area contributed by atoms with Crippen LogP contribution >= 0.6 is 0 Å². The Labute approximate surface area is 144 Å². The van der Waals surface area contributed by atoms with E-state index in [0.717, 1.165) is 6.07 Å². The third-order valence-electron chi connectivity index (χ3n) is 3.32. The van der Waals surface area contributed by atoms with Gasteiger partial charge in [0.1, 0.15) is 17.3 Å². The Hall–Kier alpha value is -2.85. The van der Waals surface area contributed by atoms with Gasteiger partial charge in [0.2, 0.25) is 10.0 Å². The van der Waals surface area contributed by atoms with Crippen molar-refractivity contribution in [1.29, 1.82) is 0 Å². The van der Waals surface area contributed by atoms with Gasteiger partial charge >= 0.3 is 0 Å². The van der Waals surface area contributed by atoms with Gasteiger partial charge in [-0.25, -0.2) is 13.6 Å². The van der Waals surface area contributed by atoms with Crippen LogP contribution < -0.4 is 20.7 Å². The topological polar surface area (TPSA) is 141 Å². The van der Waals surface area contributed by atoms with Crippen LogP contribution in [-0.4, -0.2) is 27.3 Å². The van der Waals surface area contributed by atoms with Crippen LogP contribution in [0.5, 0.6) is 5.75 Å². The van der Waals surface area contributed by atoms with Crippen molar-refractivity contribution < 1.29 is 27.2 Å². The summed E-state index contributed by atoms with van der Waals surface area (Å²) < 4.78 is 33.1. The van der Waals surface area contributed by atoms with E-state index in [-0.39, 0.29) is 21.8 Å². The maximum Gasteiger partial charge on any atom is 0.273 e. The minimum Gasteiger partial charge on any atom is -0.496 e. The molecule has 25 heavy (non-hydrogen) atoms. The highest BCUT2D eigenvalue weighted by molar-refractivity contribution is 7.89. The molecule has 0 unspecified atom stereocenters. The van der Waals surface area contributed by atoms with Crippen molar-refractivity contribution in [3.05, 3.63) is 46.9 Å². The van der Waals surface area contributed by atoms with Crippen molar-refractivity contribution in [2.75, 3.05) is 7.11 Å². The smallest absolute Gasteiger partial charge is 0.273 e. The fourth-order valence-electron chi connectivity index (χ4n) is 2.15. The van der Waals surface area contributed by atoms with Gasteiger partial charge < -0.3 is 9.15 Å². The standard InChI is InChI=1S/C15H17N3O6S/c1-8-6-11(9(2)24-8)14(19)17-18-15(20)12-7-10(25(16,21)22)4-5-13(12)23-3/h4-7H,1-3H3,(H,17,19)(H,18,20)(H2,16,21,22). The zero-order chi connectivity index (χ0) is 18.8. The molecule has 1 aromatic carbocycles. The highest BCUT2D eigenvalue weighted by atomic mass is 32.2. The van der Waals surface area contributed by atoms with Crippen molar-refractivity contribution in [2.45, 2.75) is 18.7 Å². The first-order chi connectivity index (χ1) is 11.6. The predicted octanol–water partition coefficient (Wildman–Crippen LogP) is 0.627. The van der Waals surface area contributed by atoms with Gasteiger partial charge in [0.25, 0.3) is 11.8 Å². The maximum absolute atomic E-state index is 12.3. The van der Waals surface area contributed by atoms with E-state index in [1.807, 2.05) is 0 Å². The van der Waals surface area contributed by atoms with Gasteiger partial charge in [0.15, 0.2) is 0 Å². The molecule has 0 saturated carbocycles. The Kier molecular flexibility index (Phi) is 5.14. The summed E-state index contributed by atoms with van der Waals surface area (Å²) in [6.07, 6.45) is 0. The second kappa shape index (κ2) is 6.95. The van der Waals surface area contributed by atoms with Crippen LogP contribution in [0.4, 0.5) is 0 Å². The molecule has 0 aliphatic carbocycles. The number of methoxy groups -OCH3 is 1. The lowest BCUT2D eigenvalue weighted by molar-refractivity contribution is 0.0844. The minimum atomic E-state index is -4.00. The highest BCUT2D eigenvalue weighted by Crippen LogP contribution is 2.21. The van der Waals surface area contributed by atoms with Crippen LogP contribution in [0.25, 0.3) is 0 Å². The number of hydrogen-bond donors (Lipinski definition) is 3. The normalized spacial score (nSPS) is 11.0. The molecule has 2 amide bonds. The SMILES string of the molecule is COc1ccc(S(N)(=O)=O)cc1C(=O)NNC(=O)c1cc(C)oc1C. The van der Waals surface area contributed by atoms with Gasteiger partial charge in [-0.05, 0) is 38.1 Å². The number of ether oxygens (including phenoxy) is 1. The third kappa shape index (κ3) is 4.17. The lowest BCUT2D eigenvalue weighted by Crippen LogP contribution is -2.41. The number of benzene rings is 1. The van der Waals surface area contributed by atoms with E-state index in [1.165, 1.54) is 25.3 Å². The first-order valence-electron chi connectivity index (χ1n) is 7.02. The van der Waals surface area contributed by atoms with Crippen LogP contribution in [-0.2, 0) is 10.0 Å². The number of nitrogens with two attached hydrogens (primary N) is 1. The van der Waals surface area contributed by atoms with E-state index in [9.17, 15) is 18.0 Å². The Balaban J connectivity index is 2.20. The lowest BCUT2D eigenvalue weighted by atomic mass is 10.2. The predicted molar refractivity (Wildman–Crippen MR) is 87.5 cm³/mol. The largest absolute Gasteiger partial charge is 0.496 e. The average molecular weight is 367 g/mol. The number of nitrogens with one attached hydrogen (secondary N) is 2. The highest BCUT2D eigenvalue weighted by Gasteiger charge is 2.19. The maximum atomic E-state index is 12.3. The molecular formula is C15H17N3O6S. The van der Waals surface area contributed by atoms with Crippen molar-refractivity contribution >= 4 is 21.8 Å². The molecule has 0 fully saturated rings. The van der Waals surface area contributed by atoms with Crippen molar-refractivity contribution in [3.63, 3.8) is 0 Å². The molecule has 0 aliphatic heterocycles. The zero-order valence-corrected chi connectivity index (χ0v) is 14.6. The summed E-state index contributed by atoms with van der Waals surface area (Å²) in [7, 11) is -2.68. The summed E-state index contributed by atoms with van der Waals surface area (Å²) in [6, 6.07) is 5.09. The van der Waals surface area contributed by atoms with Crippen LogP contribution in [0.3, 0.4) is 0 Å². The number of hydrazine groups is 1. The summed E-state index contributed by atoms with van der Waals surface area (Å²) in [5.74, 6) is -0.276. The van der Waals surface area contributed by atoms with Crippen molar-refractivity contribution in [2.24, 2.45) is 5.14 Å². The fourth-order valence-corrected chi connectivity index (χ4v) is 2.69. The molecule has 0 saturated heterocycles. The minimum absolute atomic E-state index is 0.102. The van der Waals surface area contributed by atoms with E-state index < -0.39 is 21.8 Å². The summed E-state index contributed by atoms with van der Waals surface area (Å²) in [6.45, 7) is 3.30. The van der Waals surface area contributed by atoms with E-state index in [2.05, 4.69) is 10.9 Å². The number of rotatable bonds is 4. The Morgan fingerprint density at radius 3 is 2.16 bits per heavy atom. The first-order valence-corrected chi connectivity index (χ1v) is 8.56. The Morgan fingerprint density at radius 2 is 1.68 bits per heavy atom. The van der Waals surface area contributed by atoms with Crippen molar-refractivity contribution in [3.8, 4) is 5.75 Å². The van der Waals surface area contributed by atoms with Crippen LogP contribution in [0.2, 0.25) is 0 Å². The molecule has 2 aromatic rings. The second-order valence-corrected chi connectivity index (χ2v) is 6.70. The van der Waals surface area contributed by atoms with Crippen LogP contribution in [0, 0.1) is 13.8 Å². The molecule has 0 spiro atoms. The molecule has 0 bridgehead atoms. The Morgan fingerprint density at radius 1 is 1.08 bits per heavy atom. The van der Waals surface area contributed by atoms with Gasteiger partial charge in [-0.1, -0.05) is 0 Å². The van der Waals surface area contributed by atoms with E-state index in [0.29, 0.717) is 11.5 Å². The molecule has 0 aliphatic rings. The van der Waals surface area contributed by atoms with Crippen LogP contribution in [0.1, 0.15) is 32.2 Å². The molecule has 1 heterocycles. The zero-order valence-electron chi connectivity index (χ0n) is 13.7. The van der Waals surface area contributed by atoms with Gasteiger partial charge in [-0.15, -0.1) is 0 Å².